The maximum atomic E-state index is 3.57. The fourth-order valence-corrected chi connectivity index (χ4v) is 2.57. The van der Waals surface area contributed by atoms with Crippen molar-refractivity contribution in [1.29, 1.82) is 0 Å². The molecular weight excluding hydrogens is 234 g/mol. The minimum atomic E-state index is 0.442. The van der Waals surface area contributed by atoms with Gasteiger partial charge in [0.1, 0.15) is 0 Å². The minimum absolute atomic E-state index is 0.442. The van der Waals surface area contributed by atoms with Crippen LogP contribution in [0.25, 0.3) is 0 Å². The van der Waals surface area contributed by atoms with Crippen LogP contribution in [0, 0.1) is 5.41 Å². The molecular formula is C16H37N3. The van der Waals surface area contributed by atoms with Crippen LogP contribution in [-0.4, -0.2) is 63.2 Å². The first kappa shape index (κ1) is 18.9. The molecule has 3 heteroatoms. The molecule has 0 aliphatic carbocycles. The molecule has 0 aliphatic rings. The summed E-state index contributed by atoms with van der Waals surface area (Å²) in [5, 5.41) is 3.57. The van der Waals surface area contributed by atoms with E-state index in [1.54, 1.807) is 0 Å². The van der Waals surface area contributed by atoms with E-state index >= 15 is 0 Å². The summed E-state index contributed by atoms with van der Waals surface area (Å²) >= 11 is 0. The number of nitrogens with one attached hydrogen (secondary N) is 1. The Kier molecular flexibility index (Phi) is 10.6. The van der Waals surface area contributed by atoms with Crippen molar-refractivity contribution in [3.8, 4) is 0 Å². The molecule has 0 saturated carbocycles. The Morgan fingerprint density at radius 3 is 1.95 bits per heavy atom. The van der Waals surface area contributed by atoms with Gasteiger partial charge in [-0.15, -0.1) is 0 Å². The monoisotopic (exact) mass is 271 g/mol. The molecule has 0 saturated heterocycles. The van der Waals surface area contributed by atoms with Gasteiger partial charge in [-0.1, -0.05) is 27.7 Å². The van der Waals surface area contributed by atoms with Gasteiger partial charge in [0.25, 0.3) is 0 Å². The second-order valence-corrected chi connectivity index (χ2v) is 6.07. The summed E-state index contributed by atoms with van der Waals surface area (Å²) in [5.41, 5.74) is 0.442. The fraction of sp³-hybridized carbons (Fsp3) is 1.00. The van der Waals surface area contributed by atoms with Crippen LogP contribution in [0.5, 0.6) is 0 Å². The normalized spacial score (nSPS) is 12.6. The van der Waals surface area contributed by atoms with Crippen molar-refractivity contribution in [2.45, 2.75) is 47.0 Å². The van der Waals surface area contributed by atoms with Gasteiger partial charge in [-0.25, -0.2) is 0 Å². The highest BCUT2D eigenvalue weighted by Crippen LogP contribution is 2.27. The molecule has 0 fully saturated rings. The minimum Gasteiger partial charge on any atom is -0.316 e. The van der Waals surface area contributed by atoms with Gasteiger partial charge >= 0.3 is 0 Å². The lowest BCUT2D eigenvalue weighted by Crippen LogP contribution is -2.45. The van der Waals surface area contributed by atoms with E-state index in [0.717, 1.165) is 19.6 Å². The molecule has 0 aromatic carbocycles. The highest BCUT2D eigenvalue weighted by Gasteiger charge is 2.28. The maximum Gasteiger partial charge on any atom is 0.0109 e. The molecule has 0 rings (SSSR count). The number of rotatable bonds is 12. The smallest absolute Gasteiger partial charge is 0.0109 e. The summed E-state index contributed by atoms with van der Waals surface area (Å²) in [5.74, 6) is 0. The quantitative estimate of drug-likeness (QED) is 0.589. The second-order valence-electron chi connectivity index (χ2n) is 6.07. The molecule has 0 aromatic heterocycles. The van der Waals surface area contributed by atoms with Crippen molar-refractivity contribution in [1.82, 2.24) is 15.1 Å². The van der Waals surface area contributed by atoms with Crippen LogP contribution in [0.1, 0.15) is 47.0 Å². The number of nitrogens with zero attached hydrogens (tertiary/aromatic N) is 2. The zero-order chi connectivity index (χ0) is 14.7. The summed E-state index contributed by atoms with van der Waals surface area (Å²) in [4.78, 5) is 4.94. The first-order valence-electron chi connectivity index (χ1n) is 8.11. The van der Waals surface area contributed by atoms with Crippen molar-refractivity contribution < 1.29 is 0 Å². The molecule has 0 amide bonds. The Labute approximate surface area is 121 Å². The molecule has 0 radical (unpaired) electrons. The average Bonchev–Trinajstić information content (AvgIpc) is 2.41. The van der Waals surface area contributed by atoms with E-state index in [4.69, 9.17) is 0 Å². The molecule has 116 valence electrons. The summed E-state index contributed by atoms with van der Waals surface area (Å²) in [7, 11) is 4.32. The van der Waals surface area contributed by atoms with Gasteiger partial charge < -0.3 is 15.1 Å². The highest BCUT2D eigenvalue weighted by molar-refractivity contribution is 4.83. The largest absolute Gasteiger partial charge is 0.316 e. The number of hydrogen-bond donors (Lipinski definition) is 1. The molecule has 0 bridgehead atoms. The Bertz CT molecular complexity index is 200. The number of likely N-dealkylation sites (N-methyl/N-ethyl adjacent to an activating group) is 1. The molecule has 1 N–H and O–H groups in total. The van der Waals surface area contributed by atoms with Gasteiger partial charge in [0.15, 0.2) is 0 Å². The van der Waals surface area contributed by atoms with Crippen molar-refractivity contribution >= 4 is 0 Å². The Hall–Kier alpha value is -0.120. The molecule has 0 atom stereocenters. The van der Waals surface area contributed by atoms with Crippen LogP contribution < -0.4 is 5.32 Å². The second kappa shape index (κ2) is 10.6. The van der Waals surface area contributed by atoms with E-state index in [-0.39, 0.29) is 0 Å². The van der Waals surface area contributed by atoms with E-state index in [1.165, 1.54) is 38.9 Å². The van der Waals surface area contributed by atoms with Crippen LogP contribution in [0.3, 0.4) is 0 Å². The molecule has 0 spiro atoms. The summed E-state index contributed by atoms with van der Waals surface area (Å²) in [6, 6.07) is 0. The Morgan fingerprint density at radius 1 is 0.895 bits per heavy atom. The molecule has 3 nitrogen and oxygen atoms in total. The zero-order valence-electron chi connectivity index (χ0n) is 14.3. The predicted molar refractivity (Wildman–Crippen MR) is 86.8 cm³/mol. The summed E-state index contributed by atoms with van der Waals surface area (Å²) < 4.78 is 0. The molecule has 0 aromatic rings. The van der Waals surface area contributed by atoms with E-state index in [0.29, 0.717) is 5.41 Å². The van der Waals surface area contributed by atoms with Crippen LogP contribution in [0.4, 0.5) is 0 Å². The topological polar surface area (TPSA) is 18.5 Å². The van der Waals surface area contributed by atoms with Gasteiger partial charge in [-0.2, -0.15) is 0 Å². The van der Waals surface area contributed by atoms with Crippen molar-refractivity contribution in [3.63, 3.8) is 0 Å². The molecule has 19 heavy (non-hydrogen) atoms. The van der Waals surface area contributed by atoms with E-state index in [9.17, 15) is 0 Å². The van der Waals surface area contributed by atoms with Crippen LogP contribution in [0.2, 0.25) is 0 Å². The van der Waals surface area contributed by atoms with Crippen molar-refractivity contribution in [2.75, 3.05) is 53.4 Å². The van der Waals surface area contributed by atoms with Gasteiger partial charge in [-0.05, 0) is 51.9 Å². The van der Waals surface area contributed by atoms with E-state index in [2.05, 4.69) is 56.9 Å². The van der Waals surface area contributed by atoms with Gasteiger partial charge in [0.05, 0.1) is 0 Å². The lowest BCUT2D eigenvalue weighted by molar-refractivity contribution is 0.127. The summed E-state index contributed by atoms with van der Waals surface area (Å²) in [6.07, 6.45) is 3.77. The third-order valence-electron chi connectivity index (χ3n) is 4.21. The Balaban J connectivity index is 4.53. The van der Waals surface area contributed by atoms with Crippen molar-refractivity contribution in [2.24, 2.45) is 5.41 Å². The lowest BCUT2D eigenvalue weighted by Gasteiger charge is -2.38. The third-order valence-corrected chi connectivity index (χ3v) is 4.21. The van der Waals surface area contributed by atoms with Crippen molar-refractivity contribution in [3.05, 3.63) is 0 Å². The highest BCUT2D eigenvalue weighted by atomic mass is 15.2. The predicted octanol–water partition coefficient (Wildman–Crippen LogP) is 2.68. The van der Waals surface area contributed by atoms with Crippen LogP contribution >= 0.6 is 0 Å². The first-order chi connectivity index (χ1) is 9.03. The first-order valence-corrected chi connectivity index (χ1v) is 8.11. The van der Waals surface area contributed by atoms with E-state index in [1.807, 2.05) is 0 Å². The molecule has 0 heterocycles. The van der Waals surface area contributed by atoms with Gasteiger partial charge in [-0.3, -0.25) is 0 Å². The van der Waals surface area contributed by atoms with Gasteiger partial charge in [0, 0.05) is 26.2 Å². The fourth-order valence-electron chi connectivity index (χ4n) is 2.57. The number of hydrogen-bond acceptors (Lipinski definition) is 3. The van der Waals surface area contributed by atoms with Crippen LogP contribution in [0.15, 0.2) is 0 Å². The average molecular weight is 271 g/mol. The van der Waals surface area contributed by atoms with E-state index < -0.39 is 0 Å². The summed E-state index contributed by atoms with van der Waals surface area (Å²) in [6.45, 7) is 16.2. The van der Waals surface area contributed by atoms with Gasteiger partial charge in [0.2, 0.25) is 0 Å². The zero-order valence-corrected chi connectivity index (χ0v) is 14.3. The molecule has 0 aliphatic heterocycles. The maximum absolute atomic E-state index is 3.57. The SMILES string of the molecule is CCCN(CCN(C)C)CC(CC)(CC)CNCC. The Morgan fingerprint density at radius 2 is 1.53 bits per heavy atom. The standard InChI is InChI=1S/C16H37N3/c1-7-11-19(13-12-18(5)6)15-16(8-2,9-3)14-17-10-4/h17H,7-15H2,1-6H3. The third kappa shape index (κ3) is 7.91. The molecule has 0 unspecified atom stereocenters. The lowest BCUT2D eigenvalue weighted by atomic mass is 9.81. The van der Waals surface area contributed by atoms with Crippen LogP contribution in [-0.2, 0) is 0 Å².